The second kappa shape index (κ2) is 8.64. The fourth-order valence-electron chi connectivity index (χ4n) is 3.32. The van der Waals surface area contributed by atoms with E-state index in [0.29, 0.717) is 19.0 Å². The maximum Gasteiger partial charge on any atom is 0.255 e. The number of halogens is 1. The quantitative estimate of drug-likeness (QED) is 0.733. The molecule has 2 aromatic carbocycles. The summed E-state index contributed by atoms with van der Waals surface area (Å²) in [5.74, 6) is 0.387. The van der Waals surface area contributed by atoms with Crippen LogP contribution in [0, 0.1) is 5.92 Å². The molecule has 0 aromatic heterocycles. The Labute approximate surface area is 172 Å². The first-order chi connectivity index (χ1) is 13.3. The molecule has 150 valence electrons. The Morgan fingerprint density at radius 1 is 1.14 bits per heavy atom. The summed E-state index contributed by atoms with van der Waals surface area (Å²) in [6.07, 6.45) is 1.89. The van der Waals surface area contributed by atoms with Gasteiger partial charge in [0.2, 0.25) is 10.0 Å². The van der Waals surface area contributed by atoms with Crippen LogP contribution >= 0.6 is 11.6 Å². The van der Waals surface area contributed by atoms with Crippen LogP contribution in [0.1, 0.15) is 35.7 Å². The zero-order valence-electron chi connectivity index (χ0n) is 16.1. The molecule has 0 aliphatic carbocycles. The van der Waals surface area contributed by atoms with E-state index < -0.39 is 10.0 Å². The molecule has 7 heteroatoms. The number of nitrogens with zero attached hydrogens (tertiary/aromatic N) is 2. The standard InChI is InChI=1S/C21H25ClN2O3S/c1-16-10-12-24(13-11-16)21(25)19-14-18(8-9-20(19)22)28(26,27)23(2)15-17-6-4-3-5-7-17/h3-9,14,16H,10-13,15H2,1-2H3. The fourth-order valence-corrected chi connectivity index (χ4v) is 4.70. The van der Waals surface area contributed by atoms with Crippen molar-refractivity contribution < 1.29 is 13.2 Å². The fraction of sp³-hybridized carbons (Fsp3) is 0.381. The van der Waals surface area contributed by atoms with E-state index in [1.54, 1.807) is 4.90 Å². The van der Waals surface area contributed by atoms with Gasteiger partial charge in [-0.1, -0.05) is 48.9 Å². The average Bonchev–Trinajstić information content (AvgIpc) is 2.69. The van der Waals surface area contributed by atoms with Gasteiger partial charge in [0.05, 0.1) is 15.5 Å². The van der Waals surface area contributed by atoms with E-state index in [1.165, 1.54) is 29.6 Å². The predicted molar refractivity (Wildman–Crippen MR) is 111 cm³/mol. The lowest BCUT2D eigenvalue weighted by Crippen LogP contribution is -2.38. The maximum absolute atomic E-state index is 13.0. The first kappa shape index (κ1) is 20.8. The van der Waals surface area contributed by atoms with Crippen molar-refractivity contribution >= 4 is 27.5 Å². The third-order valence-electron chi connectivity index (χ3n) is 5.20. The lowest BCUT2D eigenvalue weighted by atomic mass is 9.98. The minimum atomic E-state index is -3.75. The Bertz CT molecular complexity index is 939. The first-order valence-electron chi connectivity index (χ1n) is 9.38. The van der Waals surface area contributed by atoms with Crippen LogP contribution < -0.4 is 0 Å². The van der Waals surface area contributed by atoms with Gasteiger partial charge in [-0.05, 0) is 42.5 Å². The van der Waals surface area contributed by atoms with Gasteiger partial charge in [0, 0.05) is 26.7 Å². The summed E-state index contributed by atoms with van der Waals surface area (Å²) in [7, 11) is -2.21. The van der Waals surface area contributed by atoms with Gasteiger partial charge in [0.15, 0.2) is 0 Å². The number of sulfonamides is 1. The van der Waals surface area contributed by atoms with E-state index in [0.717, 1.165) is 18.4 Å². The molecule has 0 saturated carbocycles. The summed E-state index contributed by atoms with van der Waals surface area (Å²) in [5, 5.41) is 0.272. The highest BCUT2D eigenvalue weighted by molar-refractivity contribution is 7.89. The van der Waals surface area contributed by atoms with Gasteiger partial charge < -0.3 is 4.90 Å². The number of hydrogen-bond acceptors (Lipinski definition) is 3. The molecule has 2 aromatic rings. The van der Waals surface area contributed by atoms with Gasteiger partial charge in [0.25, 0.3) is 5.91 Å². The third kappa shape index (κ3) is 4.57. The molecule has 0 radical (unpaired) electrons. The molecular formula is C21H25ClN2O3S. The van der Waals surface area contributed by atoms with Crippen LogP contribution in [-0.2, 0) is 16.6 Å². The number of carbonyl (C=O) groups excluding carboxylic acids is 1. The van der Waals surface area contributed by atoms with Crippen LogP contribution in [0.15, 0.2) is 53.4 Å². The summed E-state index contributed by atoms with van der Waals surface area (Å²) in [6.45, 7) is 3.76. The van der Waals surface area contributed by atoms with Crippen molar-refractivity contribution in [2.24, 2.45) is 5.92 Å². The molecule has 1 aliphatic rings. The zero-order valence-corrected chi connectivity index (χ0v) is 17.7. The number of rotatable bonds is 5. The molecule has 3 rings (SSSR count). The van der Waals surface area contributed by atoms with Gasteiger partial charge in [-0.15, -0.1) is 0 Å². The monoisotopic (exact) mass is 420 g/mol. The van der Waals surface area contributed by atoms with Crippen LogP contribution in [0.2, 0.25) is 5.02 Å². The molecule has 0 atom stereocenters. The van der Waals surface area contributed by atoms with Crippen molar-refractivity contribution in [3.05, 3.63) is 64.7 Å². The van der Waals surface area contributed by atoms with Crippen LogP contribution in [0.3, 0.4) is 0 Å². The van der Waals surface area contributed by atoms with E-state index in [1.807, 2.05) is 30.3 Å². The molecule has 28 heavy (non-hydrogen) atoms. The largest absolute Gasteiger partial charge is 0.339 e. The molecule has 5 nitrogen and oxygen atoms in total. The molecule has 0 spiro atoms. The molecule has 1 heterocycles. The molecule has 0 N–H and O–H groups in total. The van der Waals surface area contributed by atoms with Crippen molar-refractivity contribution in [3.63, 3.8) is 0 Å². The van der Waals surface area contributed by atoms with Gasteiger partial charge in [-0.25, -0.2) is 8.42 Å². The van der Waals surface area contributed by atoms with Crippen LogP contribution in [-0.4, -0.2) is 43.7 Å². The summed E-state index contributed by atoms with van der Waals surface area (Å²) >= 11 is 6.24. The van der Waals surface area contributed by atoms with Crippen LogP contribution in [0.4, 0.5) is 0 Å². The summed E-state index contributed by atoms with van der Waals surface area (Å²) < 4.78 is 27.3. The Hall–Kier alpha value is -1.89. The highest BCUT2D eigenvalue weighted by atomic mass is 35.5. The Kier molecular flexibility index (Phi) is 6.43. The Morgan fingerprint density at radius 3 is 2.43 bits per heavy atom. The average molecular weight is 421 g/mol. The number of likely N-dealkylation sites (tertiary alicyclic amines) is 1. The van der Waals surface area contributed by atoms with E-state index in [9.17, 15) is 13.2 Å². The van der Waals surface area contributed by atoms with Crippen LogP contribution in [0.25, 0.3) is 0 Å². The van der Waals surface area contributed by atoms with Gasteiger partial charge in [0.1, 0.15) is 0 Å². The number of carbonyl (C=O) groups is 1. The predicted octanol–water partition coefficient (Wildman–Crippen LogP) is 4.03. The second-order valence-corrected chi connectivity index (χ2v) is 9.82. The van der Waals surface area contributed by atoms with Gasteiger partial charge in [-0.2, -0.15) is 4.31 Å². The summed E-state index contributed by atoms with van der Waals surface area (Å²) in [4.78, 5) is 14.7. The summed E-state index contributed by atoms with van der Waals surface area (Å²) in [6, 6.07) is 13.7. The number of piperidine rings is 1. The van der Waals surface area contributed by atoms with Crippen molar-refractivity contribution in [1.29, 1.82) is 0 Å². The molecule has 1 saturated heterocycles. The number of amides is 1. The SMILES string of the molecule is CC1CCN(C(=O)c2cc(S(=O)(=O)N(C)Cc3ccccc3)ccc2Cl)CC1. The van der Waals surface area contributed by atoms with Crippen molar-refractivity contribution in [2.45, 2.75) is 31.2 Å². The number of benzene rings is 2. The maximum atomic E-state index is 13.0. The van der Waals surface area contributed by atoms with Crippen molar-refractivity contribution in [1.82, 2.24) is 9.21 Å². The highest BCUT2D eigenvalue weighted by Gasteiger charge is 2.26. The van der Waals surface area contributed by atoms with Crippen molar-refractivity contribution in [3.8, 4) is 0 Å². The molecule has 1 amide bonds. The topological polar surface area (TPSA) is 57.7 Å². The van der Waals surface area contributed by atoms with E-state index >= 15 is 0 Å². The van der Waals surface area contributed by atoms with Gasteiger partial charge >= 0.3 is 0 Å². The minimum absolute atomic E-state index is 0.0732. The van der Waals surface area contributed by atoms with E-state index in [2.05, 4.69) is 6.92 Å². The van der Waals surface area contributed by atoms with Gasteiger partial charge in [-0.3, -0.25) is 4.79 Å². The van der Waals surface area contributed by atoms with E-state index in [4.69, 9.17) is 11.6 Å². The third-order valence-corrected chi connectivity index (χ3v) is 7.32. The smallest absolute Gasteiger partial charge is 0.255 e. The van der Waals surface area contributed by atoms with Crippen LogP contribution in [0.5, 0.6) is 0 Å². The van der Waals surface area contributed by atoms with E-state index in [-0.39, 0.29) is 27.9 Å². The zero-order chi connectivity index (χ0) is 20.3. The normalized spacial score (nSPS) is 15.8. The lowest BCUT2D eigenvalue weighted by molar-refractivity contribution is 0.0697. The highest BCUT2D eigenvalue weighted by Crippen LogP contribution is 2.26. The lowest BCUT2D eigenvalue weighted by Gasteiger charge is -2.30. The first-order valence-corrected chi connectivity index (χ1v) is 11.2. The summed E-state index contributed by atoms with van der Waals surface area (Å²) in [5.41, 5.74) is 1.13. The molecule has 0 unspecified atom stereocenters. The Balaban J connectivity index is 1.84. The number of hydrogen-bond donors (Lipinski definition) is 0. The second-order valence-electron chi connectivity index (χ2n) is 7.36. The molecular weight excluding hydrogens is 396 g/mol. The Morgan fingerprint density at radius 2 is 1.79 bits per heavy atom. The minimum Gasteiger partial charge on any atom is -0.339 e. The van der Waals surface area contributed by atoms with Crippen molar-refractivity contribution in [2.75, 3.05) is 20.1 Å². The molecule has 0 bridgehead atoms. The molecule has 1 fully saturated rings. The molecule has 1 aliphatic heterocycles.